The highest BCUT2D eigenvalue weighted by Gasteiger charge is 2.45. The summed E-state index contributed by atoms with van der Waals surface area (Å²) in [5, 5.41) is 0. The minimum Gasteiger partial charge on any atom is -0.349 e. The molecular formula is C9H15NO3S. The van der Waals surface area contributed by atoms with Gasteiger partial charge in [0.25, 0.3) is 0 Å². The second kappa shape index (κ2) is 4.59. The van der Waals surface area contributed by atoms with E-state index in [2.05, 4.69) is 4.58 Å². The molecule has 0 spiro atoms. The molecule has 0 amide bonds. The highest BCUT2D eigenvalue weighted by Crippen LogP contribution is 2.45. The molecule has 0 aromatic heterocycles. The van der Waals surface area contributed by atoms with Gasteiger partial charge in [0.15, 0.2) is 6.29 Å². The van der Waals surface area contributed by atoms with Crippen molar-refractivity contribution in [1.82, 2.24) is 0 Å². The average molecular weight is 217 g/mol. The molecule has 14 heavy (non-hydrogen) atoms. The summed E-state index contributed by atoms with van der Waals surface area (Å²) in [5.74, 6) is 0. The van der Waals surface area contributed by atoms with Crippen LogP contribution in [0.25, 0.3) is 0 Å². The molecule has 0 unspecified atom stereocenters. The van der Waals surface area contributed by atoms with Gasteiger partial charge in [-0.05, 0) is 12.8 Å². The lowest BCUT2D eigenvalue weighted by Crippen LogP contribution is -2.41. The van der Waals surface area contributed by atoms with Gasteiger partial charge in [0.2, 0.25) is 0 Å². The minimum atomic E-state index is -0.217. The Bertz CT molecular complexity index is 200. The van der Waals surface area contributed by atoms with Crippen LogP contribution in [0.5, 0.6) is 0 Å². The van der Waals surface area contributed by atoms with Crippen LogP contribution in [0, 0.1) is 4.91 Å². The van der Waals surface area contributed by atoms with Crippen LogP contribution < -0.4 is 0 Å². The smallest absolute Gasteiger partial charge is 0.174 e. The number of nitrogens with zero attached hydrogens (tertiary/aromatic N) is 1. The zero-order valence-electron chi connectivity index (χ0n) is 8.11. The molecule has 1 aliphatic heterocycles. The van der Waals surface area contributed by atoms with E-state index in [1.165, 1.54) is 6.42 Å². The van der Waals surface area contributed by atoms with Crippen LogP contribution in [-0.2, 0) is 9.47 Å². The number of ether oxygens (including phenoxy) is 2. The van der Waals surface area contributed by atoms with Gasteiger partial charge in [0.1, 0.15) is 0 Å². The summed E-state index contributed by atoms with van der Waals surface area (Å²) < 4.78 is 13.8. The van der Waals surface area contributed by atoms with Crippen LogP contribution in [0.4, 0.5) is 0 Å². The molecule has 1 saturated heterocycles. The van der Waals surface area contributed by atoms with E-state index < -0.39 is 0 Å². The molecule has 0 aromatic rings. The molecule has 0 aromatic carbocycles. The lowest BCUT2D eigenvalue weighted by Gasteiger charge is -2.36. The molecule has 2 rings (SSSR count). The fraction of sp³-hybridized carbons (Fsp3) is 1.00. The topological polar surface area (TPSA) is 47.9 Å². The van der Waals surface area contributed by atoms with Crippen LogP contribution >= 0.6 is 11.9 Å². The second-order valence-electron chi connectivity index (χ2n) is 3.86. The van der Waals surface area contributed by atoms with E-state index >= 15 is 0 Å². The Balaban J connectivity index is 2.06. The molecule has 1 saturated carbocycles. The van der Waals surface area contributed by atoms with Crippen molar-refractivity contribution in [3.05, 3.63) is 4.91 Å². The molecule has 2 fully saturated rings. The number of hydrogen-bond acceptors (Lipinski definition) is 5. The molecule has 0 atom stereocenters. The van der Waals surface area contributed by atoms with E-state index in [1.54, 1.807) is 0 Å². The van der Waals surface area contributed by atoms with Crippen LogP contribution in [0.2, 0.25) is 0 Å². The Morgan fingerprint density at radius 3 is 2.36 bits per heavy atom. The van der Waals surface area contributed by atoms with Gasteiger partial charge in [-0.1, -0.05) is 19.3 Å². The number of nitroso groups, excluding NO2 is 1. The molecule has 0 N–H and O–H groups in total. The normalized spacial score (nSPS) is 27.7. The summed E-state index contributed by atoms with van der Waals surface area (Å²) in [7, 11) is 0. The molecule has 2 aliphatic rings. The first-order chi connectivity index (χ1) is 6.87. The van der Waals surface area contributed by atoms with Crippen LogP contribution in [0.15, 0.2) is 4.58 Å². The Hall–Kier alpha value is -0.130. The van der Waals surface area contributed by atoms with Crippen molar-refractivity contribution in [2.24, 2.45) is 4.58 Å². The summed E-state index contributed by atoms with van der Waals surface area (Å²) in [4.78, 5) is 10.4. The Morgan fingerprint density at radius 1 is 1.14 bits per heavy atom. The molecule has 80 valence electrons. The van der Waals surface area contributed by atoms with Crippen molar-refractivity contribution in [3.8, 4) is 0 Å². The van der Waals surface area contributed by atoms with Crippen molar-refractivity contribution < 1.29 is 9.47 Å². The Labute approximate surface area is 87.8 Å². The maximum atomic E-state index is 10.4. The van der Waals surface area contributed by atoms with E-state index in [-0.39, 0.29) is 11.0 Å². The maximum absolute atomic E-state index is 10.4. The third-order valence-electron chi connectivity index (χ3n) is 2.97. The first-order valence-corrected chi connectivity index (χ1v) is 5.89. The van der Waals surface area contributed by atoms with Gasteiger partial charge in [-0.15, -0.1) is 4.91 Å². The zero-order valence-corrected chi connectivity index (χ0v) is 8.92. The summed E-state index contributed by atoms with van der Waals surface area (Å²) in [5.41, 5.74) is 0. The summed E-state index contributed by atoms with van der Waals surface area (Å²) in [6, 6.07) is 0. The molecule has 0 radical (unpaired) electrons. The van der Waals surface area contributed by atoms with E-state index in [0.29, 0.717) is 13.2 Å². The van der Waals surface area contributed by atoms with Crippen molar-refractivity contribution in [2.45, 2.75) is 43.1 Å². The minimum absolute atomic E-state index is 0.198. The van der Waals surface area contributed by atoms with E-state index in [0.717, 1.165) is 37.6 Å². The highest BCUT2D eigenvalue weighted by molar-refractivity contribution is 7.99. The summed E-state index contributed by atoms with van der Waals surface area (Å²) in [6.45, 7) is 1.29. The Morgan fingerprint density at radius 2 is 1.79 bits per heavy atom. The predicted molar refractivity (Wildman–Crippen MR) is 54.9 cm³/mol. The monoisotopic (exact) mass is 217 g/mol. The molecule has 1 heterocycles. The maximum Gasteiger partial charge on any atom is 0.174 e. The molecule has 0 bridgehead atoms. The van der Waals surface area contributed by atoms with Gasteiger partial charge in [0, 0.05) is 16.5 Å². The molecular weight excluding hydrogens is 202 g/mol. The molecule has 4 nitrogen and oxygen atoms in total. The van der Waals surface area contributed by atoms with Gasteiger partial charge in [-0.25, -0.2) is 0 Å². The first-order valence-electron chi connectivity index (χ1n) is 5.11. The largest absolute Gasteiger partial charge is 0.349 e. The second-order valence-corrected chi connectivity index (χ2v) is 5.01. The molecule has 5 heteroatoms. The van der Waals surface area contributed by atoms with Gasteiger partial charge in [-0.2, -0.15) is 0 Å². The summed E-state index contributed by atoms with van der Waals surface area (Å²) in [6.07, 6.45) is 5.28. The van der Waals surface area contributed by atoms with Gasteiger partial charge in [-0.3, -0.25) is 0 Å². The highest BCUT2D eigenvalue weighted by atomic mass is 32.2. The third-order valence-corrected chi connectivity index (χ3v) is 4.01. The van der Waals surface area contributed by atoms with Crippen molar-refractivity contribution in [2.75, 3.05) is 13.2 Å². The van der Waals surface area contributed by atoms with Crippen LogP contribution in [0.1, 0.15) is 32.1 Å². The fourth-order valence-corrected chi connectivity index (χ4v) is 3.10. The van der Waals surface area contributed by atoms with E-state index in [4.69, 9.17) is 9.47 Å². The third kappa shape index (κ3) is 1.94. The van der Waals surface area contributed by atoms with Gasteiger partial charge >= 0.3 is 0 Å². The predicted octanol–water partition coefficient (Wildman–Crippen LogP) is 2.48. The van der Waals surface area contributed by atoms with Crippen molar-refractivity contribution >= 4 is 11.9 Å². The SMILES string of the molecule is O=NSC1(C2OCCO2)CCCCC1. The lowest BCUT2D eigenvalue weighted by atomic mass is 9.88. The van der Waals surface area contributed by atoms with Crippen LogP contribution in [0.3, 0.4) is 0 Å². The standard InChI is InChI=1S/C9H15NO3S/c11-10-14-9(4-2-1-3-5-9)8-12-6-7-13-8/h8H,1-7H2. The lowest BCUT2D eigenvalue weighted by molar-refractivity contribution is -0.0775. The van der Waals surface area contributed by atoms with Crippen molar-refractivity contribution in [3.63, 3.8) is 0 Å². The van der Waals surface area contributed by atoms with E-state index in [9.17, 15) is 4.91 Å². The van der Waals surface area contributed by atoms with Gasteiger partial charge in [0.05, 0.1) is 18.0 Å². The molecule has 1 aliphatic carbocycles. The average Bonchev–Trinajstić information content (AvgIpc) is 2.73. The van der Waals surface area contributed by atoms with E-state index in [1.807, 2.05) is 0 Å². The van der Waals surface area contributed by atoms with Crippen molar-refractivity contribution in [1.29, 1.82) is 0 Å². The first kappa shape index (κ1) is 10.4. The fourth-order valence-electron chi connectivity index (χ4n) is 2.26. The zero-order chi connectivity index (χ0) is 9.86. The quantitative estimate of drug-likeness (QED) is 0.538. The number of hydrogen-bond donors (Lipinski definition) is 0. The summed E-state index contributed by atoms with van der Waals surface area (Å²) >= 11 is 1.12. The van der Waals surface area contributed by atoms with Crippen LogP contribution in [-0.4, -0.2) is 24.3 Å². The Kier molecular flexibility index (Phi) is 3.41. The van der Waals surface area contributed by atoms with Gasteiger partial charge < -0.3 is 9.47 Å². The number of rotatable bonds is 3.